The summed E-state index contributed by atoms with van der Waals surface area (Å²) in [6.07, 6.45) is 3.18. The summed E-state index contributed by atoms with van der Waals surface area (Å²) in [7, 11) is -3.97. The molecular weight excluding hydrogens is 416 g/mol. The minimum Gasteiger partial charge on any atom is -0.322 e. The number of hydrogen-bond acceptors (Lipinski definition) is 5. The third kappa shape index (κ3) is 4.42. The number of hydrogen-bond donors (Lipinski definition) is 2. The van der Waals surface area contributed by atoms with Crippen molar-refractivity contribution in [1.29, 1.82) is 0 Å². The van der Waals surface area contributed by atoms with Gasteiger partial charge in [0.1, 0.15) is 0 Å². The molecule has 0 radical (unpaired) electrons. The van der Waals surface area contributed by atoms with Gasteiger partial charge in [-0.2, -0.15) is 4.31 Å². The van der Waals surface area contributed by atoms with Gasteiger partial charge >= 0.3 is 0 Å². The van der Waals surface area contributed by atoms with E-state index in [1.807, 2.05) is 18.2 Å². The largest absolute Gasteiger partial charge is 0.322 e. The third-order valence-corrected chi connectivity index (χ3v) is 6.67. The standard InChI is InChI=1S/C22H18N4O4S/c27-22-18(12-17-5-1-2-6-21(17)24-22)15-26(14-16-4-3-11-23-13-16)31(29,30)20-9-7-19(25-28)8-10-20/h1-13H,14-15H2,(H,24,27)/p+1. The van der Waals surface area contributed by atoms with Gasteiger partial charge in [-0.25, -0.2) is 8.42 Å². The predicted octanol–water partition coefficient (Wildman–Crippen LogP) is 1.79. The molecule has 2 aromatic heterocycles. The van der Waals surface area contributed by atoms with Gasteiger partial charge in [0.05, 0.1) is 4.90 Å². The molecule has 0 aliphatic heterocycles. The first-order chi connectivity index (χ1) is 15.0. The number of nitroso groups, excluding NO2 is 1. The molecule has 9 heteroatoms. The van der Waals surface area contributed by atoms with Gasteiger partial charge in [0, 0.05) is 58.8 Å². The zero-order chi connectivity index (χ0) is 21.8. The lowest BCUT2D eigenvalue weighted by Gasteiger charge is -2.22. The first-order valence-electron chi connectivity index (χ1n) is 9.45. The molecule has 0 bridgehead atoms. The molecule has 8 nitrogen and oxygen atoms in total. The van der Waals surface area contributed by atoms with E-state index in [9.17, 15) is 18.1 Å². The number of nitrogens with zero attached hydrogens (tertiary/aromatic N) is 2. The van der Waals surface area contributed by atoms with Crippen LogP contribution in [0.2, 0.25) is 0 Å². The number of pyridine rings is 2. The summed E-state index contributed by atoms with van der Waals surface area (Å²) in [5, 5.41) is 2.53. The maximum atomic E-state index is 13.4. The van der Waals surface area contributed by atoms with Crippen molar-refractivity contribution in [3.8, 4) is 0 Å². The summed E-state index contributed by atoms with van der Waals surface area (Å²) in [6.45, 7) is -0.0943. The Bertz CT molecular complexity index is 1380. The number of rotatable bonds is 7. The Kier molecular flexibility index (Phi) is 5.70. The zero-order valence-electron chi connectivity index (χ0n) is 16.4. The van der Waals surface area contributed by atoms with Crippen LogP contribution >= 0.6 is 0 Å². The fraction of sp³-hybridized carbons (Fsp3) is 0.0909. The highest BCUT2D eigenvalue weighted by Gasteiger charge is 2.26. The quantitative estimate of drug-likeness (QED) is 0.459. The van der Waals surface area contributed by atoms with Crippen LogP contribution in [0.1, 0.15) is 11.1 Å². The zero-order valence-corrected chi connectivity index (χ0v) is 17.2. The highest BCUT2D eigenvalue weighted by atomic mass is 32.2. The fourth-order valence-corrected chi connectivity index (χ4v) is 4.67. The van der Waals surface area contributed by atoms with Crippen LogP contribution in [0.3, 0.4) is 0 Å². The normalized spacial score (nSPS) is 11.6. The molecule has 0 amide bonds. The molecule has 2 aromatic carbocycles. The van der Waals surface area contributed by atoms with E-state index >= 15 is 0 Å². The minimum atomic E-state index is -3.97. The Morgan fingerprint density at radius 1 is 0.968 bits per heavy atom. The molecule has 0 unspecified atom stereocenters. The third-order valence-electron chi connectivity index (χ3n) is 4.87. The number of nitrogens with one attached hydrogen (secondary N) is 2. The summed E-state index contributed by atoms with van der Waals surface area (Å²) >= 11 is 0. The van der Waals surface area contributed by atoms with Crippen molar-refractivity contribution in [3.05, 3.63) is 106 Å². The van der Waals surface area contributed by atoms with Crippen molar-refractivity contribution in [2.75, 3.05) is 0 Å². The molecule has 2 N–H and O–H groups in total. The second-order valence-electron chi connectivity index (χ2n) is 6.97. The van der Waals surface area contributed by atoms with Gasteiger partial charge in [0.15, 0.2) is 0 Å². The van der Waals surface area contributed by atoms with E-state index < -0.39 is 10.0 Å². The molecule has 0 fully saturated rings. The number of sulfonamides is 1. The Hall–Kier alpha value is -3.69. The summed E-state index contributed by atoms with van der Waals surface area (Å²) in [4.78, 5) is 30.3. The molecule has 156 valence electrons. The van der Waals surface area contributed by atoms with Crippen LogP contribution in [-0.4, -0.2) is 22.7 Å². The van der Waals surface area contributed by atoms with Crippen molar-refractivity contribution >= 4 is 26.6 Å². The molecule has 0 saturated carbocycles. The van der Waals surface area contributed by atoms with Crippen LogP contribution in [0.4, 0.5) is 5.69 Å². The summed E-state index contributed by atoms with van der Waals surface area (Å²) < 4.78 is 28.0. The molecule has 4 aromatic rings. The SMILES string of the molecule is O=[NH+]c1ccc(S(=O)(=O)N(Cc2cccnc2)Cc2cc3ccccc3[nH]c2=O)cc1. The maximum absolute atomic E-state index is 13.4. The molecule has 2 heterocycles. The molecular formula is C22H19N4O4S+. The van der Waals surface area contributed by atoms with Crippen LogP contribution in [-0.2, 0) is 23.1 Å². The molecule has 4 rings (SSSR count). The van der Waals surface area contributed by atoms with E-state index in [4.69, 9.17) is 0 Å². The predicted molar refractivity (Wildman–Crippen MR) is 116 cm³/mol. The number of fused-ring (bicyclic) bond motifs is 1. The maximum Gasteiger partial charge on any atom is 0.253 e. The molecule has 0 spiro atoms. The molecule has 0 saturated heterocycles. The van der Waals surface area contributed by atoms with E-state index in [0.29, 0.717) is 16.6 Å². The van der Waals surface area contributed by atoms with Gasteiger partial charge in [-0.1, -0.05) is 24.3 Å². The topological polar surface area (TPSA) is 114 Å². The summed E-state index contributed by atoms with van der Waals surface area (Å²) in [5.41, 5.74) is 1.59. The highest BCUT2D eigenvalue weighted by molar-refractivity contribution is 7.89. The van der Waals surface area contributed by atoms with E-state index in [2.05, 4.69) is 9.97 Å². The number of benzene rings is 2. The lowest BCUT2D eigenvalue weighted by molar-refractivity contribution is -0.379. The van der Waals surface area contributed by atoms with Gasteiger partial charge in [-0.05, 0) is 41.3 Å². The summed E-state index contributed by atoms with van der Waals surface area (Å²) in [5.74, 6) is 0. The fourth-order valence-electron chi connectivity index (χ4n) is 3.27. The Labute approximate surface area is 178 Å². The van der Waals surface area contributed by atoms with Crippen molar-refractivity contribution in [1.82, 2.24) is 14.3 Å². The Morgan fingerprint density at radius 2 is 1.74 bits per heavy atom. The average molecular weight is 435 g/mol. The van der Waals surface area contributed by atoms with Gasteiger partial charge in [-0.3, -0.25) is 9.78 Å². The molecule has 0 aliphatic carbocycles. The highest BCUT2D eigenvalue weighted by Crippen LogP contribution is 2.22. The van der Waals surface area contributed by atoms with Crippen LogP contribution < -0.4 is 10.7 Å². The van der Waals surface area contributed by atoms with E-state index in [1.165, 1.54) is 28.6 Å². The smallest absolute Gasteiger partial charge is 0.253 e. The van der Waals surface area contributed by atoms with Crippen molar-refractivity contribution < 1.29 is 13.6 Å². The average Bonchev–Trinajstić information content (AvgIpc) is 2.79. The molecule has 0 atom stereocenters. The number of H-pyrrole nitrogens is 1. The van der Waals surface area contributed by atoms with Gasteiger partial charge in [-0.15, -0.1) is 0 Å². The minimum absolute atomic E-state index is 0.0209. The number of aromatic amines is 1. The first-order valence-corrected chi connectivity index (χ1v) is 10.9. The van der Waals surface area contributed by atoms with Gasteiger partial charge in [0.2, 0.25) is 10.0 Å². The lowest BCUT2D eigenvalue weighted by atomic mass is 10.1. The lowest BCUT2D eigenvalue weighted by Crippen LogP contribution is -2.55. The van der Waals surface area contributed by atoms with E-state index in [-0.39, 0.29) is 29.2 Å². The van der Waals surface area contributed by atoms with Crippen LogP contribution in [0.5, 0.6) is 0 Å². The monoisotopic (exact) mass is 435 g/mol. The first kappa shape index (κ1) is 20.6. The molecule has 0 aliphatic rings. The van der Waals surface area contributed by atoms with Crippen molar-refractivity contribution in [2.45, 2.75) is 18.0 Å². The molecule has 31 heavy (non-hydrogen) atoms. The van der Waals surface area contributed by atoms with Crippen LogP contribution in [0.15, 0.2) is 88.8 Å². The van der Waals surface area contributed by atoms with Crippen molar-refractivity contribution in [3.63, 3.8) is 0 Å². The van der Waals surface area contributed by atoms with Crippen LogP contribution in [0.25, 0.3) is 10.9 Å². The van der Waals surface area contributed by atoms with Gasteiger partial charge in [0.25, 0.3) is 11.2 Å². The number of para-hydroxylation sites is 1. The Morgan fingerprint density at radius 3 is 2.45 bits per heavy atom. The second kappa shape index (κ2) is 8.58. The van der Waals surface area contributed by atoms with E-state index in [1.54, 1.807) is 41.8 Å². The number of aromatic nitrogens is 2. The van der Waals surface area contributed by atoms with Crippen molar-refractivity contribution in [2.24, 2.45) is 0 Å². The second-order valence-corrected chi connectivity index (χ2v) is 8.91. The summed E-state index contributed by atoms with van der Waals surface area (Å²) in [6, 6.07) is 18.0. The van der Waals surface area contributed by atoms with E-state index in [0.717, 1.165) is 5.39 Å². The van der Waals surface area contributed by atoms with Gasteiger partial charge < -0.3 is 4.98 Å². The van der Waals surface area contributed by atoms with Crippen LogP contribution in [0, 0.1) is 4.91 Å². The Balaban J connectivity index is 1.76.